The summed E-state index contributed by atoms with van der Waals surface area (Å²) in [4.78, 5) is 24.5. The third kappa shape index (κ3) is 4.73. The second kappa shape index (κ2) is 8.50. The van der Waals surface area contributed by atoms with E-state index in [4.69, 9.17) is 0 Å². The van der Waals surface area contributed by atoms with Crippen LogP contribution >= 0.6 is 11.3 Å². The van der Waals surface area contributed by atoms with Gasteiger partial charge in [-0.3, -0.25) is 9.59 Å². The van der Waals surface area contributed by atoms with Crippen molar-refractivity contribution in [3.05, 3.63) is 75.5 Å². The maximum Gasteiger partial charge on any atom is 0.286 e. The van der Waals surface area contributed by atoms with Gasteiger partial charge in [-0.05, 0) is 30.7 Å². The lowest BCUT2D eigenvalue weighted by atomic mass is 10.1. The largest absolute Gasteiger partial charge is 0.348 e. The van der Waals surface area contributed by atoms with Gasteiger partial charge in [-0.1, -0.05) is 42.5 Å². The molecular weight excluding hydrogens is 367 g/mol. The summed E-state index contributed by atoms with van der Waals surface area (Å²) < 4.78 is 13.6. The van der Waals surface area contributed by atoms with Gasteiger partial charge in [-0.25, -0.2) is 4.39 Å². The SMILES string of the molecule is CCc1nnc(C(=O)Nc2cccc(C(=O)NCc3ccccc3F)c2)s1. The van der Waals surface area contributed by atoms with Crippen molar-refractivity contribution in [2.24, 2.45) is 0 Å². The standard InChI is InChI=1S/C19H17FN4O2S/c1-2-16-23-24-19(27-16)18(26)22-14-8-5-7-12(10-14)17(25)21-11-13-6-3-4-9-15(13)20/h3-10H,2,11H2,1H3,(H,21,25)(H,22,26). The molecule has 0 atom stereocenters. The maximum absolute atomic E-state index is 13.6. The van der Waals surface area contributed by atoms with E-state index in [0.29, 0.717) is 23.2 Å². The molecule has 0 unspecified atom stereocenters. The number of rotatable bonds is 6. The molecule has 0 spiro atoms. The first-order valence-corrected chi connectivity index (χ1v) is 9.14. The summed E-state index contributed by atoms with van der Waals surface area (Å²) in [5.74, 6) is -1.11. The van der Waals surface area contributed by atoms with Gasteiger partial charge < -0.3 is 10.6 Å². The Balaban J connectivity index is 1.65. The number of nitrogens with zero attached hydrogens (tertiary/aromatic N) is 2. The average Bonchev–Trinajstić information content (AvgIpc) is 3.17. The van der Waals surface area contributed by atoms with Crippen LogP contribution in [0.1, 0.15) is 37.7 Å². The second-order valence-electron chi connectivity index (χ2n) is 5.66. The molecule has 2 amide bonds. The van der Waals surface area contributed by atoms with Crippen molar-refractivity contribution in [3.8, 4) is 0 Å². The Bertz CT molecular complexity index is 974. The molecule has 3 aromatic rings. The molecule has 3 rings (SSSR count). The lowest BCUT2D eigenvalue weighted by Gasteiger charge is -2.08. The van der Waals surface area contributed by atoms with Crippen molar-refractivity contribution in [2.75, 3.05) is 5.32 Å². The summed E-state index contributed by atoms with van der Waals surface area (Å²) in [6, 6.07) is 12.8. The van der Waals surface area contributed by atoms with Gasteiger partial charge in [-0.15, -0.1) is 10.2 Å². The van der Waals surface area contributed by atoms with E-state index in [0.717, 1.165) is 5.01 Å². The minimum absolute atomic E-state index is 0.0761. The van der Waals surface area contributed by atoms with Crippen LogP contribution in [0.3, 0.4) is 0 Å². The third-order valence-electron chi connectivity index (χ3n) is 3.74. The summed E-state index contributed by atoms with van der Waals surface area (Å²) in [5.41, 5.74) is 1.22. The fourth-order valence-corrected chi connectivity index (χ4v) is 3.00. The molecule has 0 fully saturated rings. The molecule has 8 heteroatoms. The molecule has 6 nitrogen and oxygen atoms in total. The lowest BCUT2D eigenvalue weighted by molar-refractivity contribution is 0.0949. The van der Waals surface area contributed by atoms with Crippen LogP contribution < -0.4 is 10.6 Å². The van der Waals surface area contributed by atoms with Crippen molar-refractivity contribution in [1.82, 2.24) is 15.5 Å². The minimum Gasteiger partial charge on any atom is -0.348 e. The van der Waals surface area contributed by atoms with Gasteiger partial charge in [0.05, 0.1) is 0 Å². The molecule has 0 saturated heterocycles. The number of hydrogen-bond donors (Lipinski definition) is 2. The number of carbonyl (C=O) groups excluding carboxylic acids is 2. The number of carbonyl (C=O) groups is 2. The van der Waals surface area contributed by atoms with E-state index in [1.165, 1.54) is 17.4 Å². The van der Waals surface area contributed by atoms with E-state index in [9.17, 15) is 14.0 Å². The fourth-order valence-electron chi connectivity index (χ4n) is 2.33. The number of anilines is 1. The Kier molecular flexibility index (Phi) is 5.87. The van der Waals surface area contributed by atoms with E-state index in [1.807, 2.05) is 6.92 Å². The number of amides is 2. The second-order valence-corrected chi connectivity index (χ2v) is 6.73. The molecule has 0 saturated carbocycles. The van der Waals surface area contributed by atoms with Crippen molar-refractivity contribution >= 4 is 28.8 Å². The minimum atomic E-state index is -0.379. The number of nitrogens with one attached hydrogen (secondary N) is 2. The van der Waals surface area contributed by atoms with Gasteiger partial charge >= 0.3 is 0 Å². The Hall–Kier alpha value is -3.13. The molecule has 1 heterocycles. The lowest BCUT2D eigenvalue weighted by Crippen LogP contribution is -2.23. The molecular formula is C19H17FN4O2S. The van der Waals surface area contributed by atoms with Crippen LogP contribution in [0, 0.1) is 5.82 Å². The summed E-state index contributed by atoms with van der Waals surface area (Å²) in [7, 11) is 0. The molecule has 138 valence electrons. The molecule has 0 radical (unpaired) electrons. The summed E-state index contributed by atoms with van der Waals surface area (Å²) in [6.45, 7) is 2.01. The van der Waals surface area contributed by atoms with Crippen LogP contribution in [0.4, 0.5) is 10.1 Å². The number of halogens is 1. The number of benzene rings is 2. The van der Waals surface area contributed by atoms with Crippen LogP contribution in [0.2, 0.25) is 0 Å². The van der Waals surface area contributed by atoms with Crippen LogP contribution in [-0.4, -0.2) is 22.0 Å². The van der Waals surface area contributed by atoms with Gasteiger partial charge in [-0.2, -0.15) is 0 Å². The van der Waals surface area contributed by atoms with E-state index >= 15 is 0 Å². The first kappa shape index (κ1) is 18.7. The van der Waals surface area contributed by atoms with E-state index in [2.05, 4.69) is 20.8 Å². The van der Waals surface area contributed by atoms with Gasteiger partial charge in [0.2, 0.25) is 5.01 Å². The molecule has 27 heavy (non-hydrogen) atoms. The Morgan fingerprint density at radius 3 is 2.63 bits per heavy atom. The zero-order valence-electron chi connectivity index (χ0n) is 14.5. The normalized spacial score (nSPS) is 10.4. The Morgan fingerprint density at radius 1 is 1.07 bits per heavy atom. The number of aromatic nitrogens is 2. The molecule has 0 aliphatic rings. The predicted molar refractivity (Wildman–Crippen MR) is 101 cm³/mol. The van der Waals surface area contributed by atoms with Crippen LogP contribution in [0.5, 0.6) is 0 Å². The summed E-state index contributed by atoms with van der Waals surface area (Å²) in [6.07, 6.45) is 0.711. The predicted octanol–water partition coefficient (Wildman–Crippen LogP) is 3.42. The van der Waals surface area contributed by atoms with Gasteiger partial charge in [0, 0.05) is 23.4 Å². The highest BCUT2D eigenvalue weighted by Gasteiger charge is 2.14. The average molecular weight is 384 g/mol. The van der Waals surface area contributed by atoms with E-state index < -0.39 is 0 Å². The van der Waals surface area contributed by atoms with Crippen molar-refractivity contribution < 1.29 is 14.0 Å². The maximum atomic E-state index is 13.6. The van der Waals surface area contributed by atoms with Gasteiger partial charge in [0.25, 0.3) is 11.8 Å². The van der Waals surface area contributed by atoms with E-state index in [-0.39, 0.29) is 29.2 Å². The summed E-state index contributed by atoms with van der Waals surface area (Å²) in [5, 5.41) is 14.2. The number of hydrogen-bond acceptors (Lipinski definition) is 5. The van der Waals surface area contributed by atoms with Crippen molar-refractivity contribution in [2.45, 2.75) is 19.9 Å². The highest BCUT2D eigenvalue weighted by atomic mass is 32.1. The smallest absolute Gasteiger partial charge is 0.286 e. The molecule has 0 aliphatic heterocycles. The monoisotopic (exact) mass is 384 g/mol. The Labute approximate surface area is 159 Å². The highest BCUT2D eigenvalue weighted by Crippen LogP contribution is 2.15. The van der Waals surface area contributed by atoms with Crippen molar-refractivity contribution in [1.29, 1.82) is 0 Å². The quantitative estimate of drug-likeness (QED) is 0.682. The molecule has 0 aliphatic carbocycles. The fraction of sp³-hybridized carbons (Fsp3) is 0.158. The topological polar surface area (TPSA) is 84.0 Å². The molecule has 2 aromatic carbocycles. The zero-order chi connectivity index (χ0) is 19.2. The Morgan fingerprint density at radius 2 is 1.89 bits per heavy atom. The zero-order valence-corrected chi connectivity index (χ0v) is 15.3. The summed E-state index contributed by atoms with van der Waals surface area (Å²) >= 11 is 1.23. The first-order valence-electron chi connectivity index (χ1n) is 8.32. The first-order chi connectivity index (χ1) is 13.1. The molecule has 1 aromatic heterocycles. The van der Waals surface area contributed by atoms with Gasteiger partial charge in [0.15, 0.2) is 0 Å². The number of aryl methyl sites for hydroxylation is 1. The van der Waals surface area contributed by atoms with Crippen molar-refractivity contribution in [3.63, 3.8) is 0 Å². The molecule has 0 bridgehead atoms. The van der Waals surface area contributed by atoms with Crippen LogP contribution in [0.25, 0.3) is 0 Å². The highest BCUT2D eigenvalue weighted by molar-refractivity contribution is 7.13. The van der Waals surface area contributed by atoms with Gasteiger partial charge in [0.1, 0.15) is 10.8 Å². The van der Waals surface area contributed by atoms with E-state index in [1.54, 1.807) is 42.5 Å². The van der Waals surface area contributed by atoms with Crippen LogP contribution in [0.15, 0.2) is 48.5 Å². The van der Waals surface area contributed by atoms with Crippen LogP contribution in [-0.2, 0) is 13.0 Å². The third-order valence-corrected chi connectivity index (χ3v) is 4.81. The molecule has 2 N–H and O–H groups in total.